The van der Waals surface area contributed by atoms with Gasteiger partial charge in [0.2, 0.25) is 0 Å². The van der Waals surface area contributed by atoms with Gasteiger partial charge < -0.3 is 4.74 Å². The molecule has 2 rings (SSSR count). The monoisotopic (exact) mass is 266 g/mol. The fourth-order valence-electron chi connectivity index (χ4n) is 2.40. The van der Waals surface area contributed by atoms with Crippen LogP contribution in [-0.4, -0.2) is 17.4 Å². The maximum atomic E-state index is 11.7. The molecule has 0 bridgehead atoms. The lowest BCUT2D eigenvalue weighted by Gasteiger charge is -2.39. The molecule has 0 N–H and O–H groups in total. The molecule has 1 saturated heterocycles. The summed E-state index contributed by atoms with van der Waals surface area (Å²) in [5.41, 5.74) is 0.642. The molecule has 0 radical (unpaired) electrons. The van der Waals surface area contributed by atoms with Crippen LogP contribution in [0.1, 0.15) is 38.7 Å². The van der Waals surface area contributed by atoms with Gasteiger partial charge >= 0.3 is 5.97 Å². The van der Waals surface area contributed by atoms with Crippen LogP contribution < -0.4 is 0 Å². The Bertz CT molecular complexity index is 418. The van der Waals surface area contributed by atoms with E-state index in [0.717, 1.165) is 12.8 Å². The zero-order valence-electron chi connectivity index (χ0n) is 10.8. The third-order valence-corrected chi connectivity index (χ3v) is 4.36. The van der Waals surface area contributed by atoms with Crippen LogP contribution >= 0.6 is 11.3 Å². The van der Waals surface area contributed by atoms with Crippen molar-refractivity contribution in [3.05, 3.63) is 22.4 Å². The first-order chi connectivity index (χ1) is 8.52. The Morgan fingerprint density at radius 1 is 1.44 bits per heavy atom. The van der Waals surface area contributed by atoms with Crippen LogP contribution in [0.4, 0.5) is 0 Å². The highest BCUT2D eigenvalue weighted by Crippen LogP contribution is 2.35. The van der Waals surface area contributed by atoms with E-state index in [0.29, 0.717) is 6.42 Å². The SMILES string of the molecule is CC(C)[C@]1(CCc2ccsc2)CC(=O)CC(=O)O1. The molecule has 3 nitrogen and oxygen atoms in total. The lowest BCUT2D eigenvalue weighted by molar-refractivity contribution is -0.177. The van der Waals surface area contributed by atoms with Crippen molar-refractivity contribution in [3.63, 3.8) is 0 Å². The summed E-state index contributed by atoms with van der Waals surface area (Å²) in [7, 11) is 0. The number of ether oxygens (including phenoxy) is 1. The first-order valence-electron chi connectivity index (χ1n) is 6.26. The number of thiophene rings is 1. The quantitative estimate of drug-likeness (QED) is 0.621. The van der Waals surface area contributed by atoms with Crippen molar-refractivity contribution in [2.24, 2.45) is 5.92 Å². The van der Waals surface area contributed by atoms with E-state index < -0.39 is 5.60 Å². The summed E-state index contributed by atoms with van der Waals surface area (Å²) in [6.45, 7) is 4.03. The Morgan fingerprint density at radius 2 is 2.22 bits per heavy atom. The molecular formula is C14H18O3S. The Labute approximate surface area is 111 Å². The van der Waals surface area contributed by atoms with Crippen molar-refractivity contribution in [3.8, 4) is 0 Å². The van der Waals surface area contributed by atoms with Gasteiger partial charge in [0.25, 0.3) is 0 Å². The number of esters is 1. The topological polar surface area (TPSA) is 43.4 Å². The third kappa shape index (κ3) is 2.80. The smallest absolute Gasteiger partial charge is 0.313 e. The summed E-state index contributed by atoms with van der Waals surface area (Å²) in [6, 6.07) is 2.07. The maximum Gasteiger partial charge on any atom is 0.313 e. The van der Waals surface area contributed by atoms with Gasteiger partial charge in [0.1, 0.15) is 17.8 Å². The summed E-state index contributed by atoms with van der Waals surface area (Å²) in [4.78, 5) is 23.2. The first kappa shape index (κ1) is 13.3. The molecule has 98 valence electrons. The maximum absolute atomic E-state index is 11.7. The molecule has 1 aromatic heterocycles. The molecule has 1 fully saturated rings. The van der Waals surface area contributed by atoms with E-state index in [1.54, 1.807) is 11.3 Å². The fraction of sp³-hybridized carbons (Fsp3) is 0.571. The second-order valence-electron chi connectivity index (χ2n) is 5.22. The van der Waals surface area contributed by atoms with Gasteiger partial charge in [-0.1, -0.05) is 13.8 Å². The average molecular weight is 266 g/mol. The highest BCUT2D eigenvalue weighted by Gasteiger charge is 2.43. The predicted octanol–water partition coefficient (Wildman–Crippen LogP) is 2.98. The number of hydrogen-bond acceptors (Lipinski definition) is 4. The molecule has 4 heteroatoms. The van der Waals surface area contributed by atoms with Gasteiger partial charge in [-0.05, 0) is 41.1 Å². The lowest BCUT2D eigenvalue weighted by Crippen LogP contribution is -2.47. The molecule has 0 spiro atoms. The van der Waals surface area contributed by atoms with Crippen molar-refractivity contribution in [1.29, 1.82) is 0 Å². The van der Waals surface area contributed by atoms with Crippen LogP contribution in [0.15, 0.2) is 16.8 Å². The number of Topliss-reactive ketones (excluding diaryl/α,β-unsaturated/α-hetero) is 1. The van der Waals surface area contributed by atoms with Crippen molar-refractivity contribution >= 4 is 23.1 Å². The third-order valence-electron chi connectivity index (χ3n) is 3.62. The van der Waals surface area contributed by atoms with E-state index >= 15 is 0 Å². The van der Waals surface area contributed by atoms with Gasteiger partial charge in [-0.3, -0.25) is 9.59 Å². The van der Waals surface area contributed by atoms with Crippen molar-refractivity contribution in [2.45, 2.75) is 45.1 Å². The summed E-state index contributed by atoms with van der Waals surface area (Å²) >= 11 is 1.66. The van der Waals surface area contributed by atoms with Gasteiger partial charge in [-0.15, -0.1) is 0 Å². The van der Waals surface area contributed by atoms with Gasteiger partial charge in [-0.25, -0.2) is 0 Å². The minimum absolute atomic E-state index is 0.00488. The predicted molar refractivity (Wildman–Crippen MR) is 70.5 cm³/mol. The Morgan fingerprint density at radius 3 is 2.78 bits per heavy atom. The fourth-order valence-corrected chi connectivity index (χ4v) is 3.10. The van der Waals surface area contributed by atoms with Crippen molar-refractivity contribution in [2.75, 3.05) is 0 Å². The molecule has 0 unspecified atom stereocenters. The van der Waals surface area contributed by atoms with Crippen LogP contribution in [0.3, 0.4) is 0 Å². The standard InChI is InChI=1S/C14H18O3S/c1-10(2)14(5-3-11-4-6-18-9-11)8-12(15)7-13(16)17-14/h4,6,9-10H,3,5,7-8H2,1-2H3/t14-/m0/s1. The Hall–Kier alpha value is -1.16. The van der Waals surface area contributed by atoms with Crippen LogP contribution in [0, 0.1) is 5.92 Å². The zero-order chi connectivity index (χ0) is 13.2. The van der Waals surface area contributed by atoms with E-state index in [1.807, 2.05) is 19.2 Å². The molecule has 0 aliphatic carbocycles. The summed E-state index contributed by atoms with van der Waals surface area (Å²) in [5, 5.41) is 4.13. The molecule has 0 amide bonds. The van der Waals surface area contributed by atoms with Gasteiger partial charge in [0.15, 0.2) is 0 Å². The number of aryl methyl sites for hydroxylation is 1. The molecule has 1 aliphatic heterocycles. The van der Waals surface area contributed by atoms with Crippen molar-refractivity contribution < 1.29 is 14.3 Å². The zero-order valence-corrected chi connectivity index (χ0v) is 11.6. The normalized spacial score (nSPS) is 24.4. The van der Waals surface area contributed by atoms with Gasteiger partial charge in [-0.2, -0.15) is 11.3 Å². The molecular weight excluding hydrogens is 248 g/mol. The number of rotatable bonds is 4. The molecule has 0 aromatic carbocycles. The number of carbonyl (C=O) groups excluding carboxylic acids is 2. The van der Waals surface area contributed by atoms with Crippen LogP contribution in [0.25, 0.3) is 0 Å². The summed E-state index contributed by atoms with van der Waals surface area (Å²) in [6.07, 6.45) is 1.87. The Kier molecular flexibility index (Phi) is 3.85. The number of ketones is 1. The lowest BCUT2D eigenvalue weighted by atomic mass is 9.79. The first-order valence-corrected chi connectivity index (χ1v) is 7.21. The molecule has 2 heterocycles. The Balaban J connectivity index is 2.11. The summed E-state index contributed by atoms with van der Waals surface area (Å²) in [5.74, 6) is -0.208. The molecule has 1 atom stereocenters. The van der Waals surface area contributed by atoms with Crippen LogP contribution in [0.5, 0.6) is 0 Å². The number of carbonyl (C=O) groups is 2. The van der Waals surface area contributed by atoms with E-state index in [2.05, 4.69) is 11.4 Å². The van der Waals surface area contributed by atoms with E-state index in [-0.39, 0.29) is 24.1 Å². The minimum Gasteiger partial charge on any atom is -0.458 e. The highest BCUT2D eigenvalue weighted by molar-refractivity contribution is 7.07. The van der Waals surface area contributed by atoms with Gasteiger partial charge in [0.05, 0.1) is 0 Å². The molecule has 18 heavy (non-hydrogen) atoms. The summed E-state index contributed by atoms with van der Waals surface area (Å²) < 4.78 is 5.55. The second kappa shape index (κ2) is 5.22. The van der Waals surface area contributed by atoms with Crippen LogP contribution in [0.2, 0.25) is 0 Å². The van der Waals surface area contributed by atoms with Gasteiger partial charge in [0, 0.05) is 6.42 Å². The second-order valence-corrected chi connectivity index (χ2v) is 6.00. The van der Waals surface area contributed by atoms with E-state index in [1.165, 1.54) is 5.56 Å². The molecule has 0 saturated carbocycles. The molecule has 1 aromatic rings. The average Bonchev–Trinajstić information content (AvgIpc) is 2.77. The van der Waals surface area contributed by atoms with E-state index in [4.69, 9.17) is 4.74 Å². The minimum atomic E-state index is -0.603. The largest absolute Gasteiger partial charge is 0.458 e. The highest BCUT2D eigenvalue weighted by atomic mass is 32.1. The van der Waals surface area contributed by atoms with Crippen LogP contribution in [-0.2, 0) is 20.7 Å². The number of cyclic esters (lactones) is 1. The molecule has 1 aliphatic rings. The van der Waals surface area contributed by atoms with Crippen molar-refractivity contribution in [1.82, 2.24) is 0 Å². The number of hydrogen-bond donors (Lipinski definition) is 0. The van der Waals surface area contributed by atoms with E-state index in [9.17, 15) is 9.59 Å².